The summed E-state index contributed by atoms with van der Waals surface area (Å²) in [7, 11) is -4.38. The van der Waals surface area contributed by atoms with Crippen LogP contribution in [0.2, 0.25) is 0 Å². The molecule has 4 N–H and O–H groups in total. The van der Waals surface area contributed by atoms with Crippen LogP contribution in [-0.4, -0.2) is 9.79 Å². The molecule has 0 aliphatic carbocycles. The highest BCUT2D eigenvalue weighted by atomic mass is 31.2. The summed E-state index contributed by atoms with van der Waals surface area (Å²) in [6, 6.07) is 5.52. The maximum Gasteiger partial charge on any atom is 0.417 e. The number of benzene rings is 1. The molecule has 13 heavy (non-hydrogen) atoms. The second kappa shape index (κ2) is 3.85. The zero-order chi connectivity index (χ0) is 9.90. The van der Waals surface area contributed by atoms with E-state index in [0.29, 0.717) is 0 Å². The number of rotatable bonds is 3. The first kappa shape index (κ1) is 10.1. The van der Waals surface area contributed by atoms with E-state index in [1.54, 1.807) is 5.20 Å². The molecule has 5 nitrogen and oxygen atoms in total. The van der Waals surface area contributed by atoms with Gasteiger partial charge in [0.2, 0.25) is 0 Å². The minimum atomic E-state index is -4.38. The van der Waals surface area contributed by atoms with Gasteiger partial charge >= 0.3 is 7.75 Å². The van der Waals surface area contributed by atoms with Crippen LogP contribution in [0.1, 0.15) is 0 Å². The Morgan fingerprint density at radius 3 is 2.46 bits per heavy atom. The lowest BCUT2D eigenvalue weighted by molar-refractivity contribution is 0.362. The quantitative estimate of drug-likeness (QED) is 0.435. The number of nitrogens with one attached hydrogen (secondary N) is 2. The van der Waals surface area contributed by atoms with E-state index < -0.39 is 13.6 Å². The van der Waals surface area contributed by atoms with Crippen molar-refractivity contribution in [3.05, 3.63) is 30.1 Å². The number of hydrogen-bond acceptors (Lipinski definition) is 2. The third-order valence-corrected chi connectivity index (χ3v) is 1.61. The number of hydrogen-bond donors (Lipinski definition) is 4. The van der Waals surface area contributed by atoms with Crippen molar-refractivity contribution >= 4 is 13.4 Å². The molecule has 0 bridgehead atoms. The smallest absolute Gasteiger partial charge is 0.311 e. The maximum atomic E-state index is 12.8. The van der Waals surface area contributed by atoms with Gasteiger partial charge in [0, 0.05) is 0 Å². The second-order valence-corrected chi connectivity index (χ2v) is 3.57. The summed E-state index contributed by atoms with van der Waals surface area (Å²) >= 11 is 0. The molecule has 0 radical (unpaired) electrons. The summed E-state index contributed by atoms with van der Waals surface area (Å²) in [6.07, 6.45) is 0. The van der Waals surface area contributed by atoms with Gasteiger partial charge in [0.05, 0.1) is 5.69 Å². The first-order valence-electron chi connectivity index (χ1n) is 3.32. The number of halogens is 1. The first-order valence-corrected chi connectivity index (χ1v) is 4.93. The Morgan fingerprint density at radius 1 is 1.31 bits per heavy atom. The highest BCUT2D eigenvalue weighted by Gasteiger charge is 2.11. The summed E-state index contributed by atoms with van der Waals surface area (Å²) < 4.78 is 23.1. The Hall–Kier alpha value is -0.940. The summed E-state index contributed by atoms with van der Waals surface area (Å²) in [5.41, 5.74) is 2.04. The minimum Gasteiger partial charge on any atom is -0.311 e. The van der Waals surface area contributed by atoms with E-state index in [0.717, 1.165) is 0 Å². The van der Waals surface area contributed by atoms with E-state index >= 15 is 0 Å². The summed E-state index contributed by atoms with van der Waals surface area (Å²) in [4.78, 5) is 16.8. The average molecular weight is 206 g/mol. The Bertz CT molecular complexity index is 340. The van der Waals surface area contributed by atoms with Crippen LogP contribution in [0.4, 0.5) is 10.1 Å². The average Bonchev–Trinajstić information content (AvgIpc) is 2.01. The summed E-state index contributed by atoms with van der Waals surface area (Å²) in [5.74, 6) is -0.594. The van der Waals surface area contributed by atoms with Crippen molar-refractivity contribution in [3.8, 4) is 0 Å². The first-order chi connectivity index (χ1) is 5.99. The van der Waals surface area contributed by atoms with Crippen LogP contribution in [0.25, 0.3) is 0 Å². The SMILES string of the molecule is O=P(O)(O)NNc1ccccc1F. The second-order valence-electron chi connectivity index (χ2n) is 2.26. The van der Waals surface area contributed by atoms with Crippen molar-refractivity contribution in [1.82, 2.24) is 5.20 Å². The van der Waals surface area contributed by atoms with Crippen LogP contribution < -0.4 is 10.6 Å². The van der Waals surface area contributed by atoms with Crippen LogP contribution in [0, 0.1) is 5.82 Å². The predicted octanol–water partition coefficient (Wildman–Crippen LogP) is 0.835. The lowest BCUT2D eigenvalue weighted by atomic mass is 10.3. The fraction of sp³-hybridized carbons (Fsp3) is 0. The van der Waals surface area contributed by atoms with Gasteiger partial charge in [0.1, 0.15) is 5.82 Å². The molecule has 0 heterocycles. The van der Waals surface area contributed by atoms with E-state index in [2.05, 4.69) is 5.43 Å². The van der Waals surface area contributed by atoms with Crippen LogP contribution in [0.15, 0.2) is 24.3 Å². The lowest BCUT2D eigenvalue weighted by Crippen LogP contribution is -2.18. The molecular formula is C6H8FN2O3P. The van der Waals surface area contributed by atoms with Gasteiger partial charge in [-0.1, -0.05) is 12.1 Å². The number of hydrazine groups is 1. The van der Waals surface area contributed by atoms with Crippen molar-refractivity contribution < 1.29 is 18.7 Å². The molecule has 7 heteroatoms. The van der Waals surface area contributed by atoms with Gasteiger partial charge in [0.15, 0.2) is 0 Å². The Morgan fingerprint density at radius 2 is 1.92 bits per heavy atom. The molecule has 0 aliphatic rings. The minimum absolute atomic E-state index is 0.0224. The van der Waals surface area contributed by atoms with E-state index in [1.807, 2.05) is 0 Å². The molecule has 1 rings (SSSR count). The van der Waals surface area contributed by atoms with Gasteiger partial charge in [-0.15, -0.1) is 5.20 Å². The lowest BCUT2D eigenvalue weighted by Gasteiger charge is -2.09. The summed E-state index contributed by atoms with van der Waals surface area (Å²) in [6.45, 7) is 0. The topological polar surface area (TPSA) is 81.6 Å². The summed E-state index contributed by atoms with van der Waals surface area (Å²) in [5, 5.41) is 1.66. The fourth-order valence-corrected chi connectivity index (χ4v) is 0.962. The molecule has 1 aromatic carbocycles. The number of para-hydroxylation sites is 1. The van der Waals surface area contributed by atoms with Crippen molar-refractivity contribution in [2.45, 2.75) is 0 Å². The molecule has 0 aromatic heterocycles. The number of anilines is 1. The van der Waals surface area contributed by atoms with Gasteiger partial charge in [-0.05, 0) is 12.1 Å². The van der Waals surface area contributed by atoms with Crippen LogP contribution >= 0.6 is 7.75 Å². The van der Waals surface area contributed by atoms with Crippen molar-refractivity contribution in [2.75, 3.05) is 5.43 Å². The third kappa shape index (κ3) is 3.52. The predicted molar refractivity (Wildman–Crippen MR) is 45.2 cm³/mol. The van der Waals surface area contributed by atoms with Crippen molar-refractivity contribution in [1.29, 1.82) is 0 Å². The van der Waals surface area contributed by atoms with Gasteiger partial charge < -0.3 is 15.2 Å². The van der Waals surface area contributed by atoms with Gasteiger partial charge in [-0.2, -0.15) is 0 Å². The molecule has 0 aliphatic heterocycles. The Balaban J connectivity index is 2.65. The molecule has 0 saturated heterocycles. The molecule has 0 saturated carbocycles. The highest BCUT2D eigenvalue weighted by Crippen LogP contribution is 2.28. The highest BCUT2D eigenvalue weighted by molar-refractivity contribution is 7.49. The van der Waals surface area contributed by atoms with E-state index in [9.17, 15) is 8.96 Å². The molecular weight excluding hydrogens is 198 g/mol. The molecule has 72 valence electrons. The normalized spacial score (nSPS) is 11.3. The monoisotopic (exact) mass is 206 g/mol. The molecule has 0 spiro atoms. The van der Waals surface area contributed by atoms with Gasteiger partial charge in [0.25, 0.3) is 0 Å². The largest absolute Gasteiger partial charge is 0.417 e. The maximum absolute atomic E-state index is 12.8. The van der Waals surface area contributed by atoms with Crippen molar-refractivity contribution in [2.24, 2.45) is 0 Å². The van der Waals surface area contributed by atoms with Gasteiger partial charge in [-0.25, -0.2) is 8.96 Å². The van der Waals surface area contributed by atoms with Crippen LogP contribution in [0.5, 0.6) is 0 Å². The van der Waals surface area contributed by atoms with E-state index in [4.69, 9.17) is 9.79 Å². The molecule has 0 fully saturated rings. The molecule has 1 aromatic rings. The standard InChI is InChI=1S/C6H8FN2O3P/c7-5-3-1-2-4-6(5)8-9-13(10,11)12/h1-4,8H,(H3,9,10,11,12). The molecule has 0 amide bonds. The zero-order valence-corrected chi connectivity index (χ0v) is 7.33. The van der Waals surface area contributed by atoms with E-state index in [1.165, 1.54) is 24.3 Å². The van der Waals surface area contributed by atoms with Crippen molar-refractivity contribution in [3.63, 3.8) is 0 Å². The van der Waals surface area contributed by atoms with Crippen LogP contribution in [-0.2, 0) is 4.57 Å². The van der Waals surface area contributed by atoms with Crippen LogP contribution in [0.3, 0.4) is 0 Å². The third-order valence-electron chi connectivity index (χ3n) is 1.21. The van der Waals surface area contributed by atoms with E-state index in [-0.39, 0.29) is 5.69 Å². The molecule has 0 unspecified atom stereocenters. The van der Waals surface area contributed by atoms with Gasteiger partial charge in [-0.3, -0.25) is 0 Å². The Labute approximate surface area is 73.8 Å². The Kier molecular flexibility index (Phi) is 3.00. The molecule has 0 atom stereocenters. The zero-order valence-electron chi connectivity index (χ0n) is 6.44. The fourth-order valence-electron chi connectivity index (χ4n) is 0.696.